The first-order valence-corrected chi connectivity index (χ1v) is 6.11. The first-order chi connectivity index (χ1) is 8.23. The lowest BCUT2D eigenvalue weighted by molar-refractivity contribution is -0.143. The number of hydrogen-bond acceptors (Lipinski definition) is 3. The van der Waals surface area contributed by atoms with Gasteiger partial charge in [-0.15, -0.1) is 0 Å². The van der Waals surface area contributed by atoms with Crippen molar-refractivity contribution in [3.63, 3.8) is 0 Å². The Bertz CT molecular complexity index is 294. The Morgan fingerprint density at radius 3 is 2.39 bits per heavy atom. The minimum atomic E-state index is -1.23. The van der Waals surface area contributed by atoms with E-state index in [4.69, 9.17) is 9.84 Å². The van der Waals surface area contributed by atoms with Crippen molar-refractivity contribution in [3.05, 3.63) is 0 Å². The number of rotatable bonds is 7. The largest absolute Gasteiger partial charge is 0.480 e. The molecule has 0 aliphatic heterocycles. The summed E-state index contributed by atoms with van der Waals surface area (Å²) in [5, 5.41) is 11.6. The Hall–Kier alpha value is -1.30. The summed E-state index contributed by atoms with van der Waals surface area (Å²) >= 11 is 0. The average Bonchev–Trinajstić information content (AvgIpc) is 2.27. The summed E-state index contributed by atoms with van der Waals surface area (Å²) in [6, 6.07) is -0.408. The lowest BCUT2D eigenvalue weighted by Gasteiger charge is -2.28. The Morgan fingerprint density at radius 2 is 2.00 bits per heavy atom. The Balaban J connectivity index is 4.26. The van der Waals surface area contributed by atoms with Crippen molar-refractivity contribution in [2.75, 3.05) is 20.2 Å². The quantitative estimate of drug-likeness (QED) is 0.723. The van der Waals surface area contributed by atoms with Crippen molar-refractivity contribution in [2.24, 2.45) is 0 Å². The maximum absolute atomic E-state index is 11.8. The third kappa shape index (κ3) is 5.35. The van der Waals surface area contributed by atoms with E-state index in [1.807, 2.05) is 13.8 Å². The van der Waals surface area contributed by atoms with Crippen LogP contribution in [-0.2, 0) is 9.53 Å². The fourth-order valence-electron chi connectivity index (χ4n) is 1.15. The smallest absolute Gasteiger partial charge is 0.329 e. The molecule has 0 bridgehead atoms. The van der Waals surface area contributed by atoms with Gasteiger partial charge in [-0.2, -0.15) is 0 Å². The van der Waals surface area contributed by atoms with Gasteiger partial charge in [0.2, 0.25) is 0 Å². The van der Waals surface area contributed by atoms with Crippen molar-refractivity contribution in [2.45, 2.75) is 45.8 Å². The Morgan fingerprint density at radius 1 is 1.44 bits per heavy atom. The fraction of sp³-hybridized carbons (Fsp3) is 0.833. The lowest BCUT2D eigenvalue weighted by atomic mass is 10.00. The van der Waals surface area contributed by atoms with E-state index in [1.54, 1.807) is 14.0 Å². The van der Waals surface area contributed by atoms with Gasteiger partial charge in [-0.1, -0.05) is 6.92 Å². The number of carbonyl (C=O) groups is 2. The highest BCUT2D eigenvalue weighted by Crippen LogP contribution is 2.09. The normalized spacial score (nSPS) is 14.1. The van der Waals surface area contributed by atoms with Gasteiger partial charge in [0.1, 0.15) is 5.54 Å². The molecule has 0 heterocycles. The van der Waals surface area contributed by atoms with Crippen molar-refractivity contribution < 1.29 is 19.4 Å². The highest BCUT2D eigenvalue weighted by molar-refractivity contribution is 5.85. The lowest BCUT2D eigenvalue weighted by Crippen LogP contribution is -2.55. The molecule has 18 heavy (non-hydrogen) atoms. The van der Waals surface area contributed by atoms with Crippen LogP contribution in [0.5, 0.6) is 0 Å². The van der Waals surface area contributed by atoms with Crippen LogP contribution in [0.25, 0.3) is 0 Å². The van der Waals surface area contributed by atoms with E-state index in [0.29, 0.717) is 19.6 Å². The van der Waals surface area contributed by atoms with Crippen molar-refractivity contribution in [3.8, 4) is 0 Å². The van der Waals surface area contributed by atoms with Gasteiger partial charge in [-0.3, -0.25) is 0 Å². The maximum Gasteiger partial charge on any atom is 0.329 e. The predicted octanol–water partition coefficient (Wildman–Crippen LogP) is 1.31. The number of nitrogens with zero attached hydrogens (tertiary/aromatic N) is 1. The monoisotopic (exact) mass is 260 g/mol. The molecule has 0 rings (SSSR count). The van der Waals surface area contributed by atoms with Gasteiger partial charge in [0.05, 0.1) is 12.7 Å². The van der Waals surface area contributed by atoms with E-state index < -0.39 is 17.5 Å². The highest BCUT2D eigenvalue weighted by Gasteiger charge is 2.33. The molecule has 0 aromatic heterocycles. The second-order valence-electron chi connectivity index (χ2n) is 4.76. The molecule has 0 aromatic carbocycles. The van der Waals surface area contributed by atoms with E-state index in [9.17, 15) is 9.59 Å². The third-order valence-corrected chi connectivity index (χ3v) is 2.79. The van der Waals surface area contributed by atoms with Crippen molar-refractivity contribution in [1.82, 2.24) is 10.2 Å². The van der Waals surface area contributed by atoms with Gasteiger partial charge >= 0.3 is 12.0 Å². The number of nitrogens with one attached hydrogen (secondary N) is 1. The highest BCUT2D eigenvalue weighted by atomic mass is 16.5. The molecule has 106 valence electrons. The number of carboxylic acids is 1. The van der Waals surface area contributed by atoms with E-state index in [-0.39, 0.29) is 6.10 Å². The summed E-state index contributed by atoms with van der Waals surface area (Å²) in [5.74, 6) is -1.04. The maximum atomic E-state index is 11.8. The minimum absolute atomic E-state index is 0.112. The predicted molar refractivity (Wildman–Crippen MR) is 68.6 cm³/mol. The molecule has 1 atom stereocenters. The molecule has 0 spiro atoms. The second kappa shape index (κ2) is 7.20. The zero-order valence-corrected chi connectivity index (χ0v) is 11.8. The SMILES string of the molecule is CCC(C)(NC(=O)N(C)CCOC(C)C)C(=O)O. The molecule has 2 amide bonds. The van der Waals surface area contributed by atoms with Crippen molar-refractivity contribution in [1.29, 1.82) is 0 Å². The molecule has 0 saturated heterocycles. The Kier molecular flexibility index (Phi) is 6.68. The summed E-state index contributed by atoms with van der Waals surface area (Å²) in [6.07, 6.45) is 0.436. The van der Waals surface area contributed by atoms with Crippen LogP contribution in [0.3, 0.4) is 0 Å². The van der Waals surface area contributed by atoms with Crippen LogP contribution in [0.15, 0.2) is 0 Å². The fourth-order valence-corrected chi connectivity index (χ4v) is 1.15. The third-order valence-electron chi connectivity index (χ3n) is 2.79. The van der Waals surface area contributed by atoms with Crippen molar-refractivity contribution >= 4 is 12.0 Å². The molecule has 1 unspecified atom stereocenters. The Labute approximate surface area is 108 Å². The molecule has 0 radical (unpaired) electrons. The molecule has 6 nitrogen and oxygen atoms in total. The summed E-state index contributed by atoms with van der Waals surface area (Å²) in [7, 11) is 1.61. The molecule has 0 fully saturated rings. The number of likely N-dealkylation sites (N-methyl/N-ethyl adjacent to an activating group) is 1. The van der Waals surface area contributed by atoms with E-state index in [0.717, 1.165) is 0 Å². The summed E-state index contributed by atoms with van der Waals surface area (Å²) in [5.41, 5.74) is -1.23. The van der Waals surface area contributed by atoms with Crippen LogP contribution >= 0.6 is 0 Å². The zero-order valence-electron chi connectivity index (χ0n) is 11.8. The van der Waals surface area contributed by atoms with Crippen LogP contribution in [-0.4, -0.2) is 53.8 Å². The van der Waals surface area contributed by atoms with E-state index >= 15 is 0 Å². The molecular weight excluding hydrogens is 236 g/mol. The molecule has 0 aliphatic carbocycles. The first-order valence-electron chi connectivity index (χ1n) is 6.11. The molecular formula is C12H24N2O4. The standard InChI is InChI=1S/C12H24N2O4/c1-6-12(4,10(15)16)13-11(17)14(5)7-8-18-9(2)3/h9H,6-8H2,1-5H3,(H,13,17)(H,15,16). The second-order valence-corrected chi connectivity index (χ2v) is 4.76. The molecule has 0 saturated carbocycles. The first kappa shape index (κ1) is 16.7. The number of carboxylic acid groups (broad SMARTS) is 1. The zero-order chi connectivity index (χ0) is 14.3. The van der Waals surface area contributed by atoms with Gasteiger partial charge < -0.3 is 20.1 Å². The summed E-state index contributed by atoms with van der Waals surface area (Å²) < 4.78 is 5.33. The van der Waals surface area contributed by atoms with Crippen LogP contribution in [0, 0.1) is 0 Å². The molecule has 0 aliphatic rings. The number of aliphatic carboxylic acids is 1. The van der Waals surface area contributed by atoms with Gasteiger partial charge in [0.25, 0.3) is 0 Å². The van der Waals surface area contributed by atoms with Crippen LogP contribution in [0.2, 0.25) is 0 Å². The number of amides is 2. The number of carbonyl (C=O) groups excluding carboxylic acids is 1. The van der Waals surface area contributed by atoms with Gasteiger partial charge in [-0.05, 0) is 27.2 Å². The topological polar surface area (TPSA) is 78.9 Å². The number of urea groups is 1. The summed E-state index contributed by atoms with van der Waals surface area (Å²) in [6.45, 7) is 7.89. The summed E-state index contributed by atoms with van der Waals surface area (Å²) in [4.78, 5) is 24.3. The molecule has 6 heteroatoms. The van der Waals surface area contributed by atoms with Crippen LogP contribution in [0.4, 0.5) is 4.79 Å². The minimum Gasteiger partial charge on any atom is -0.480 e. The average molecular weight is 260 g/mol. The van der Waals surface area contributed by atoms with Crippen LogP contribution < -0.4 is 5.32 Å². The van der Waals surface area contributed by atoms with Gasteiger partial charge in [0, 0.05) is 13.6 Å². The molecule has 2 N–H and O–H groups in total. The van der Waals surface area contributed by atoms with E-state index in [2.05, 4.69) is 5.32 Å². The molecule has 0 aromatic rings. The number of hydrogen-bond donors (Lipinski definition) is 2. The van der Waals surface area contributed by atoms with Gasteiger partial charge in [0.15, 0.2) is 0 Å². The van der Waals surface area contributed by atoms with E-state index in [1.165, 1.54) is 11.8 Å². The number of ether oxygens (including phenoxy) is 1. The van der Waals surface area contributed by atoms with Crippen LogP contribution in [0.1, 0.15) is 34.1 Å². The van der Waals surface area contributed by atoms with Gasteiger partial charge in [-0.25, -0.2) is 9.59 Å².